The molecule has 5 heteroatoms. The van der Waals surface area contributed by atoms with E-state index < -0.39 is 0 Å². The first-order valence-corrected chi connectivity index (χ1v) is 9.46. The van der Waals surface area contributed by atoms with Crippen LogP contribution in [0.4, 0.5) is 5.69 Å². The van der Waals surface area contributed by atoms with E-state index in [1.807, 2.05) is 31.3 Å². The first-order chi connectivity index (χ1) is 12.7. The highest BCUT2D eigenvalue weighted by atomic mass is 16.1. The molecule has 2 N–H and O–H groups in total. The fourth-order valence-electron chi connectivity index (χ4n) is 3.28. The van der Waals surface area contributed by atoms with E-state index in [1.54, 1.807) is 6.20 Å². The molecular formula is C21H28N4O. The van der Waals surface area contributed by atoms with E-state index in [9.17, 15) is 4.79 Å². The van der Waals surface area contributed by atoms with Gasteiger partial charge in [0.25, 0.3) is 5.91 Å². The molecule has 1 saturated heterocycles. The van der Waals surface area contributed by atoms with Gasteiger partial charge < -0.3 is 10.6 Å². The van der Waals surface area contributed by atoms with Crippen molar-refractivity contribution in [3.05, 3.63) is 59.4 Å². The summed E-state index contributed by atoms with van der Waals surface area (Å²) in [7, 11) is 0. The van der Waals surface area contributed by atoms with Crippen LogP contribution >= 0.6 is 0 Å². The molecule has 0 saturated carbocycles. The summed E-state index contributed by atoms with van der Waals surface area (Å²) in [5.41, 5.74) is 4.14. The van der Waals surface area contributed by atoms with E-state index in [2.05, 4.69) is 32.7 Å². The van der Waals surface area contributed by atoms with Crippen molar-refractivity contribution in [2.75, 3.05) is 31.5 Å². The van der Waals surface area contributed by atoms with Crippen LogP contribution in [0, 0.1) is 6.92 Å². The fourth-order valence-corrected chi connectivity index (χ4v) is 3.28. The van der Waals surface area contributed by atoms with Crippen molar-refractivity contribution in [2.45, 2.75) is 32.7 Å². The molecule has 1 amide bonds. The van der Waals surface area contributed by atoms with Crippen molar-refractivity contribution in [3.63, 3.8) is 0 Å². The van der Waals surface area contributed by atoms with Crippen LogP contribution in [-0.2, 0) is 6.54 Å². The molecule has 0 spiro atoms. The SMILES string of the molecule is Cc1cnccc1NCCNC(=O)c1ccc(CN2CCCCC2)cc1. The second kappa shape index (κ2) is 9.34. The molecule has 0 atom stereocenters. The first-order valence-electron chi connectivity index (χ1n) is 9.46. The molecule has 2 heterocycles. The van der Waals surface area contributed by atoms with Gasteiger partial charge >= 0.3 is 0 Å². The van der Waals surface area contributed by atoms with Gasteiger partial charge in [-0.05, 0) is 62.2 Å². The lowest BCUT2D eigenvalue weighted by Crippen LogP contribution is -2.29. The van der Waals surface area contributed by atoms with E-state index in [0.717, 1.165) is 17.8 Å². The largest absolute Gasteiger partial charge is 0.383 e. The predicted molar refractivity (Wildman–Crippen MR) is 105 cm³/mol. The normalized spacial score (nSPS) is 14.8. The van der Waals surface area contributed by atoms with Gasteiger partial charge in [0, 0.05) is 43.3 Å². The Hall–Kier alpha value is -2.40. The molecule has 1 aromatic heterocycles. The number of aryl methyl sites for hydroxylation is 1. The third kappa shape index (κ3) is 5.30. The Kier molecular flexibility index (Phi) is 6.61. The van der Waals surface area contributed by atoms with Crippen LogP contribution in [0.5, 0.6) is 0 Å². The maximum atomic E-state index is 12.3. The van der Waals surface area contributed by atoms with Crippen LogP contribution < -0.4 is 10.6 Å². The molecule has 5 nitrogen and oxygen atoms in total. The number of rotatable bonds is 7. The molecule has 0 aliphatic carbocycles. The van der Waals surface area contributed by atoms with Crippen LogP contribution in [0.2, 0.25) is 0 Å². The number of carbonyl (C=O) groups is 1. The molecule has 0 unspecified atom stereocenters. The van der Waals surface area contributed by atoms with Gasteiger partial charge in [0.15, 0.2) is 0 Å². The second-order valence-electron chi connectivity index (χ2n) is 6.91. The van der Waals surface area contributed by atoms with Gasteiger partial charge in [-0.1, -0.05) is 18.6 Å². The van der Waals surface area contributed by atoms with Crippen molar-refractivity contribution in [3.8, 4) is 0 Å². The summed E-state index contributed by atoms with van der Waals surface area (Å²) < 4.78 is 0. The quantitative estimate of drug-likeness (QED) is 0.751. The number of anilines is 1. The molecule has 26 heavy (non-hydrogen) atoms. The maximum absolute atomic E-state index is 12.3. The molecule has 1 aliphatic rings. The standard InChI is InChI=1S/C21H28N4O/c1-17-15-22-10-9-20(17)23-11-12-24-21(26)19-7-5-18(6-8-19)16-25-13-3-2-4-14-25/h5-10,15H,2-4,11-14,16H2,1H3,(H,22,23)(H,24,26). The van der Waals surface area contributed by atoms with E-state index in [4.69, 9.17) is 0 Å². The van der Waals surface area contributed by atoms with Crippen LogP contribution in [0.3, 0.4) is 0 Å². The van der Waals surface area contributed by atoms with Crippen molar-refractivity contribution >= 4 is 11.6 Å². The number of benzene rings is 1. The lowest BCUT2D eigenvalue weighted by Gasteiger charge is -2.26. The van der Waals surface area contributed by atoms with Gasteiger partial charge in [-0.25, -0.2) is 0 Å². The highest BCUT2D eigenvalue weighted by molar-refractivity contribution is 5.94. The minimum absolute atomic E-state index is 0.0252. The molecule has 1 aromatic carbocycles. The second-order valence-corrected chi connectivity index (χ2v) is 6.91. The Bertz CT molecular complexity index is 708. The summed E-state index contributed by atoms with van der Waals surface area (Å²) in [5, 5.41) is 6.28. The topological polar surface area (TPSA) is 57.3 Å². The zero-order valence-electron chi connectivity index (χ0n) is 15.5. The first kappa shape index (κ1) is 18.4. The summed E-state index contributed by atoms with van der Waals surface area (Å²) in [6.45, 7) is 6.63. The Labute approximate surface area is 155 Å². The van der Waals surface area contributed by atoms with Gasteiger partial charge in [-0.3, -0.25) is 14.7 Å². The zero-order chi connectivity index (χ0) is 18.2. The zero-order valence-corrected chi connectivity index (χ0v) is 15.5. The lowest BCUT2D eigenvalue weighted by atomic mass is 10.1. The molecule has 138 valence electrons. The minimum atomic E-state index is -0.0252. The Balaban J connectivity index is 1.42. The average Bonchev–Trinajstić information content (AvgIpc) is 2.68. The lowest BCUT2D eigenvalue weighted by molar-refractivity contribution is 0.0955. The summed E-state index contributed by atoms with van der Waals surface area (Å²) in [6, 6.07) is 9.94. The van der Waals surface area contributed by atoms with E-state index >= 15 is 0 Å². The van der Waals surface area contributed by atoms with Crippen LogP contribution in [0.25, 0.3) is 0 Å². The van der Waals surface area contributed by atoms with Crippen molar-refractivity contribution in [1.82, 2.24) is 15.2 Å². The van der Waals surface area contributed by atoms with E-state index in [0.29, 0.717) is 18.7 Å². The van der Waals surface area contributed by atoms with E-state index in [-0.39, 0.29) is 5.91 Å². The minimum Gasteiger partial charge on any atom is -0.383 e. The number of amides is 1. The van der Waals surface area contributed by atoms with Crippen molar-refractivity contribution < 1.29 is 4.79 Å². The van der Waals surface area contributed by atoms with Crippen LogP contribution in [0.15, 0.2) is 42.7 Å². The molecule has 3 rings (SSSR count). The summed E-state index contributed by atoms with van der Waals surface area (Å²) in [5.74, 6) is -0.0252. The fraction of sp³-hybridized carbons (Fsp3) is 0.429. The summed E-state index contributed by atoms with van der Waals surface area (Å²) in [6.07, 6.45) is 7.54. The number of piperidine rings is 1. The number of carbonyl (C=O) groups excluding carboxylic acids is 1. The molecule has 0 bridgehead atoms. The van der Waals surface area contributed by atoms with Gasteiger partial charge in [0.05, 0.1) is 0 Å². The number of likely N-dealkylation sites (tertiary alicyclic amines) is 1. The van der Waals surface area contributed by atoms with Crippen LogP contribution in [-0.4, -0.2) is 42.0 Å². The third-order valence-corrected chi connectivity index (χ3v) is 4.82. The average molecular weight is 352 g/mol. The third-order valence-electron chi connectivity index (χ3n) is 4.82. The predicted octanol–water partition coefficient (Wildman–Crippen LogP) is 3.22. The molecule has 0 radical (unpaired) electrons. The Morgan fingerprint density at radius 2 is 1.85 bits per heavy atom. The summed E-state index contributed by atoms with van der Waals surface area (Å²) >= 11 is 0. The monoisotopic (exact) mass is 352 g/mol. The van der Waals surface area contributed by atoms with Gasteiger partial charge in [0.1, 0.15) is 0 Å². The number of hydrogen-bond donors (Lipinski definition) is 2. The molecule has 1 fully saturated rings. The van der Waals surface area contributed by atoms with Crippen molar-refractivity contribution in [1.29, 1.82) is 0 Å². The van der Waals surface area contributed by atoms with Gasteiger partial charge in [-0.2, -0.15) is 0 Å². The molecular weight excluding hydrogens is 324 g/mol. The highest BCUT2D eigenvalue weighted by Crippen LogP contribution is 2.14. The van der Waals surface area contributed by atoms with Gasteiger partial charge in [0.2, 0.25) is 0 Å². The number of aromatic nitrogens is 1. The maximum Gasteiger partial charge on any atom is 0.251 e. The van der Waals surface area contributed by atoms with Crippen molar-refractivity contribution in [2.24, 2.45) is 0 Å². The molecule has 2 aromatic rings. The van der Waals surface area contributed by atoms with Gasteiger partial charge in [-0.15, -0.1) is 0 Å². The Morgan fingerprint density at radius 3 is 2.58 bits per heavy atom. The molecule has 1 aliphatic heterocycles. The highest BCUT2D eigenvalue weighted by Gasteiger charge is 2.11. The number of hydrogen-bond acceptors (Lipinski definition) is 4. The number of nitrogens with one attached hydrogen (secondary N) is 2. The number of pyridine rings is 1. The Morgan fingerprint density at radius 1 is 1.08 bits per heavy atom. The summed E-state index contributed by atoms with van der Waals surface area (Å²) in [4.78, 5) is 18.8. The smallest absolute Gasteiger partial charge is 0.251 e. The van der Waals surface area contributed by atoms with E-state index in [1.165, 1.54) is 37.9 Å². The number of nitrogens with zero attached hydrogens (tertiary/aromatic N) is 2. The van der Waals surface area contributed by atoms with Crippen LogP contribution in [0.1, 0.15) is 40.7 Å².